The molecule has 2 aromatic rings. The number of rotatable bonds is 3. The van der Waals surface area contributed by atoms with Crippen LogP contribution in [0.25, 0.3) is 11.4 Å². The van der Waals surface area contributed by atoms with Gasteiger partial charge in [-0.25, -0.2) is 4.68 Å². The maximum absolute atomic E-state index is 5.41. The minimum absolute atomic E-state index is 0.656. The van der Waals surface area contributed by atoms with Crippen LogP contribution in [-0.4, -0.2) is 27.9 Å². The monoisotopic (exact) mass is 303 g/mol. The molecule has 5 heteroatoms. The Kier molecular flexibility index (Phi) is 4.83. The zero-order valence-corrected chi connectivity index (χ0v) is 13.2. The normalized spacial score (nSPS) is 17.3. The van der Waals surface area contributed by atoms with Crippen molar-refractivity contribution in [3.05, 3.63) is 35.1 Å². The van der Waals surface area contributed by atoms with E-state index in [1.807, 2.05) is 22.9 Å². The van der Waals surface area contributed by atoms with Crippen LogP contribution in [0, 0.1) is 4.77 Å². The summed E-state index contributed by atoms with van der Waals surface area (Å²) in [5.41, 5.74) is 1.09. The van der Waals surface area contributed by atoms with Gasteiger partial charge in [-0.15, -0.1) is 0 Å². The first kappa shape index (κ1) is 14.5. The van der Waals surface area contributed by atoms with Crippen LogP contribution in [0.15, 0.2) is 30.3 Å². The third kappa shape index (κ3) is 3.80. The van der Waals surface area contributed by atoms with Crippen molar-refractivity contribution in [2.45, 2.75) is 38.8 Å². The lowest BCUT2D eigenvalue weighted by molar-refractivity contribution is -0.924. The van der Waals surface area contributed by atoms with Gasteiger partial charge in [-0.1, -0.05) is 36.8 Å². The molecule has 0 atom stereocenters. The Morgan fingerprint density at radius 2 is 1.71 bits per heavy atom. The predicted molar refractivity (Wildman–Crippen MR) is 86.6 cm³/mol. The first-order chi connectivity index (χ1) is 10.3. The Balaban J connectivity index is 1.73. The maximum atomic E-state index is 5.41. The second kappa shape index (κ2) is 7.00. The van der Waals surface area contributed by atoms with E-state index in [-0.39, 0.29) is 0 Å². The second-order valence-corrected chi connectivity index (χ2v) is 6.19. The molecule has 1 aromatic carbocycles. The average Bonchev–Trinajstić information content (AvgIpc) is 2.84. The molecule has 0 radical (unpaired) electrons. The zero-order chi connectivity index (χ0) is 14.5. The van der Waals surface area contributed by atoms with E-state index in [1.165, 1.54) is 45.2 Å². The minimum Gasteiger partial charge on any atom is -0.316 e. The van der Waals surface area contributed by atoms with E-state index in [1.54, 1.807) is 4.90 Å². The first-order valence-corrected chi connectivity index (χ1v) is 8.29. The molecule has 1 aromatic heterocycles. The molecule has 2 heterocycles. The quantitative estimate of drug-likeness (QED) is 0.855. The van der Waals surface area contributed by atoms with Crippen LogP contribution in [0.2, 0.25) is 0 Å². The fourth-order valence-electron chi connectivity index (χ4n) is 2.98. The number of quaternary nitrogens is 1. The molecule has 1 aliphatic rings. The summed E-state index contributed by atoms with van der Waals surface area (Å²) < 4.78 is 2.68. The molecular formula is C16H23N4S+. The molecule has 1 aliphatic heterocycles. The highest BCUT2D eigenvalue weighted by molar-refractivity contribution is 7.71. The van der Waals surface area contributed by atoms with Crippen molar-refractivity contribution < 1.29 is 4.90 Å². The van der Waals surface area contributed by atoms with Gasteiger partial charge < -0.3 is 4.90 Å². The van der Waals surface area contributed by atoms with Gasteiger partial charge in [-0.3, -0.25) is 5.10 Å². The average molecular weight is 303 g/mol. The third-order valence-corrected chi connectivity index (χ3v) is 4.48. The van der Waals surface area contributed by atoms with Gasteiger partial charge in [0, 0.05) is 5.56 Å². The summed E-state index contributed by atoms with van der Waals surface area (Å²) in [7, 11) is 0. The van der Waals surface area contributed by atoms with Crippen LogP contribution in [0.5, 0.6) is 0 Å². The van der Waals surface area contributed by atoms with E-state index < -0.39 is 0 Å². The molecule has 0 aliphatic carbocycles. The Bertz CT molecular complexity index is 609. The molecule has 0 amide bonds. The van der Waals surface area contributed by atoms with Gasteiger partial charge in [0.15, 0.2) is 12.5 Å². The van der Waals surface area contributed by atoms with Crippen molar-refractivity contribution in [1.29, 1.82) is 0 Å². The smallest absolute Gasteiger partial charge is 0.221 e. The van der Waals surface area contributed by atoms with Crippen molar-refractivity contribution in [3.63, 3.8) is 0 Å². The molecule has 3 rings (SSSR count). The number of aromatic nitrogens is 3. The van der Waals surface area contributed by atoms with E-state index in [2.05, 4.69) is 22.2 Å². The summed E-state index contributed by atoms with van der Waals surface area (Å²) in [6.07, 6.45) is 6.78. The summed E-state index contributed by atoms with van der Waals surface area (Å²) in [6, 6.07) is 10.2. The Morgan fingerprint density at radius 1 is 1.05 bits per heavy atom. The Hall–Kier alpha value is -1.46. The molecule has 112 valence electrons. The van der Waals surface area contributed by atoms with E-state index in [9.17, 15) is 0 Å². The first-order valence-electron chi connectivity index (χ1n) is 7.89. The molecule has 21 heavy (non-hydrogen) atoms. The van der Waals surface area contributed by atoms with E-state index in [0.717, 1.165) is 18.1 Å². The van der Waals surface area contributed by atoms with E-state index in [0.29, 0.717) is 4.77 Å². The highest BCUT2D eigenvalue weighted by atomic mass is 32.1. The number of hydrogen-bond acceptors (Lipinski definition) is 2. The van der Waals surface area contributed by atoms with Gasteiger partial charge in [0.25, 0.3) is 0 Å². The minimum atomic E-state index is 0.656. The molecular weight excluding hydrogens is 280 g/mol. The number of nitrogens with zero attached hydrogens (tertiary/aromatic N) is 2. The predicted octanol–water partition coefficient (Wildman–Crippen LogP) is 2.41. The number of H-pyrrole nitrogens is 1. The highest BCUT2D eigenvalue weighted by Crippen LogP contribution is 2.13. The zero-order valence-electron chi connectivity index (χ0n) is 12.3. The molecule has 0 unspecified atom stereocenters. The SMILES string of the molecule is S=c1nc(-c2ccccc2)[nH]n1C[NH+]1CCCCCCC1. The Morgan fingerprint density at radius 3 is 2.43 bits per heavy atom. The van der Waals surface area contributed by atoms with Gasteiger partial charge in [0.2, 0.25) is 4.77 Å². The molecule has 0 saturated carbocycles. The molecule has 2 N–H and O–H groups in total. The van der Waals surface area contributed by atoms with Gasteiger partial charge in [-0.05, 0) is 37.9 Å². The molecule has 1 fully saturated rings. The summed E-state index contributed by atoms with van der Waals surface area (Å²) in [5, 5.41) is 3.36. The second-order valence-electron chi connectivity index (χ2n) is 5.82. The summed E-state index contributed by atoms with van der Waals surface area (Å²) in [4.78, 5) is 6.10. The van der Waals surface area contributed by atoms with Crippen molar-refractivity contribution in [2.24, 2.45) is 0 Å². The third-order valence-electron chi connectivity index (χ3n) is 4.17. The van der Waals surface area contributed by atoms with Crippen LogP contribution in [-0.2, 0) is 6.67 Å². The summed E-state index contributed by atoms with van der Waals surface area (Å²) >= 11 is 5.41. The molecule has 1 saturated heterocycles. The van der Waals surface area contributed by atoms with Gasteiger partial charge in [0.05, 0.1) is 13.1 Å². The highest BCUT2D eigenvalue weighted by Gasteiger charge is 2.13. The van der Waals surface area contributed by atoms with E-state index >= 15 is 0 Å². The number of hydrogen-bond donors (Lipinski definition) is 2. The lowest BCUT2D eigenvalue weighted by Crippen LogP contribution is -3.11. The summed E-state index contributed by atoms with van der Waals surface area (Å²) in [5.74, 6) is 0.868. The lowest BCUT2D eigenvalue weighted by atomic mass is 10.1. The number of nitrogens with one attached hydrogen (secondary N) is 2. The molecule has 4 nitrogen and oxygen atoms in total. The molecule has 0 bridgehead atoms. The number of likely N-dealkylation sites (tertiary alicyclic amines) is 1. The number of benzene rings is 1. The lowest BCUT2D eigenvalue weighted by Gasteiger charge is -2.21. The topological polar surface area (TPSA) is 38.0 Å². The van der Waals surface area contributed by atoms with Crippen molar-refractivity contribution in [2.75, 3.05) is 13.1 Å². The standard InChI is InChI=1S/C16H22N4S/c21-16-17-15(14-9-5-4-6-10-14)18-20(16)13-19-11-7-2-1-3-8-12-19/h4-6,9-10H,1-3,7-8,11-13H2,(H,17,18,21)/p+1. The fraction of sp³-hybridized carbons (Fsp3) is 0.500. The van der Waals surface area contributed by atoms with Crippen LogP contribution < -0.4 is 4.90 Å². The van der Waals surface area contributed by atoms with Crippen LogP contribution >= 0.6 is 12.2 Å². The van der Waals surface area contributed by atoms with Crippen molar-refractivity contribution >= 4 is 12.2 Å². The molecule has 0 spiro atoms. The van der Waals surface area contributed by atoms with Crippen LogP contribution in [0.4, 0.5) is 0 Å². The Labute approximate surface area is 130 Å². The summed E-state index contributed by atoms with van der Waals surface area (Å²) in [6.45, 7) is 3.38. The van der Waals surface area contributed by atoms with Crippen molar-refractivity contribution in [1.82, 2.24) is 14.8 Å². The fourth-order valence-corrected chi connectivity index (χ4v) is 3.18. The number of aromatic amines is 1. The van der Waals surface area contributed by atoms with Crippen LogP contribution in [0.3, 0.4) is 0 Å². The maximum Gasteiger partial charge on any atom is 0.221 e. The van der Waals surface area contributed by atoms with Crippen molar-refractivity contribution in [3.8, 4) is 11.4 Å². The van der Waals surface area contributed by atoms with Gasteiger partial charge in [0.1, 0.15) is 0 Å². The van der Waals surface area contributed by atoms with E-state index in [4.69, 9.17) is 12.2 Å². The largest absolute Gasteiger partial charge is 0.316 e. The van der Waals surface area contributed by atoms with Gasteiger partial charge in [-0.2, -0.15) is 4.98 Å². The van der Waals surface area contributed by atoms with Crippen LogP contribution in [0.1, 0.15) is 32.1 Å². The van der Waals surface area contributed by atoms with Gasteiger partial charge >= 0.3 is 0 Å².